The smallest absolute Gasteiger partial charge is 1.00 e. The first-order valence-corrected chi connectivity index (χ1v) is 28.7. The SMILES string of the molecule is CCCCCC.C[SiH2][Zr+2]([CH]1C(C)=Cc2c(-c3cccc4ccccc34)cccc21)[CH]1C(C)=Cc2c(-c3cccc4ccccc34)cccc21.[Cl-].[Cl-]. The third-order valence-electron chi connectivity index (χ3n) is 10.8. The van der Waals surface area contributed by atoms with E-state index >= 15 is 0 Å². The normalized spacial score (nSPS) is 15.7. The number of hydrogen-bond acceptors (Lipinski definition) is 0. The van der Waals surface area contributed by atoms with Gasteiger partial charge in [0.15, 0.2) is 0 Å². The van der Waals surface area contributed by atoms with Crippen LogP contribution in [0.2, 0.25) is 6.55 Å². The molecule has 51 heavy (non-hydrogen) atoms. The molecule has 2 aliphatic carbocycles. The van der Waals surface area contributed by atoms with Crippen LogP contribution >= 0.6 is 0 Å². The van der Waals surface area contributed by atoms with Crippen LogP contribution in [0.3, 0.4) is 0 Å². The zero-order valence-electron chi connectivity index (χ0n) is 30.6. The molecule has 0 heterocycles. The molecule has 0 aromatic heterocycles. The number of unbranched alkanes of at least 4 members (excludes halogenated alkanes) is 3. The van der Waals surface area contributed by atoms with Crippen LogP contribution in [-0.4, -0.2) is 6.65 Å². The number of rotatable bonds is 8. The van der Waals surface area contributed by atoms with E-state index < -0.39 is 20.9 Å². The Morgan fingerprint density at radius 1 is 0.490 bits per heavy atom. The largest absolute Gasteiger partial charge is 1.00 e. The van der Waals surface area contributed by atoms with Gasteiger partial charge in [-0.2, -0.15) is 0 Å². The van der Waals surface area contributed by atoms with Gasteiger partial charge in [-0.15, -0.1) is 0 Å². The van der Waals surface area contributed by atoms with Crippen LogP contribution in [0.4, 0.5) is 0 Å². The van der Waals surface area contributed by atoms with Gasteiger partial charge in [-0.1, -0.05) is 39.5 Å². The number of hydrogen-bond donors (Lipinski definition) is 0. The van der Waals surface area contributed by atoms with Crippen molar-refractivity contribution in [1.82, 2.24) is 0 Å². The zero-order chi connectivity index (χ0) is 33.9. The Morgan fingerprint density at radius 3 is 1.27 bits per heavy atom. The van der Waals surface area contributed by atoms with E-state index in [0.717, 1.165) is 0 Å². The monoisotopic (exact) mass is 801 g/mol. The zero-order valence-corrected chi connectivity index (χ0v) is 36.0. The number of fused-ring (bicyclic) bond motifs is 4. The molecule has 0 radical (unpaired) electrons. The van der Waals surface area contributed by atoms with E-state index in [1.807, 2.05) is 0 Å². The summed E-state index contributed by atoms with van der Waals surface area (Å²) < 4.78 is 1.31. The minimum Gasteiger partial charge on any atom is -1.00 e. The Balaban J connectivity index is 0.000000583. The van der Waals surface area contributed by atoms with Crippen molar-refractivity contribution >= 4 is 40.3 Å². The van der Waals surface area contributed by atoms with Crippen LogP contribution in [-0.2, 0) is 20.9 Å². The Hall–Kier alpha value is -3.00. The van der Waals surface area contributed by atoms with Gasteiger partial charge in [0.2, 0.25) is 0 Å². The molecule has 0 fully saturated rings. The fraction of sp³-hybridized carbons (Fsp3) is 0.234. The molecular weight excluding hydrogens is 755 g/mol. The number of benzene rings is 6. The first-order chi connectivity index (χ1) is 24.0. The summed E-state index contributed by atoms with van der Waals surface area (Å²) in [4.78, 5) is 0. The molecule has 0 spiro atoms. The van der Waals surface area contributed by atoms with E-state index in [1.165, 1.54) is 80.6 Å². The van der Waals surface area contributed by atoms with Crippen molar-refractivity contribution in [2.24, 2.45) is 0 Å². The quantitative estimate of drug-likeness (QED) is 0.112. The summed E-state index contributed by atoms with van der Waals surface area (Å²) in [5.74, 6) is 0. The number of allylic oxidation sites excluding steroid dienone is 2. The molecule has 0 aliphatic heterocycles. The first kappa shape index (κ1) is 39.2. The third-order valence-corrected chi connectivity index (χ3v) is 29.9. The van der Waals surface area contributed by atoms with Gasteiger partial charge in [-0.25, -0.2) is 0 Å². The van der Waals surface area contributed by atoms with E-state index in [0.29, 0.717) is 7.25 Å². The Morgan fingerprint density at radius 2 is 0.863 bits per heavy atom. The molecule has 2 atom stereocenters. The number of halogens is 2. The molecule has 0 bridgehead atoms. The second kappa shape index (κ2) is 17.7. The van der Waals surface area contributed by atoms with E-state index in [9.17, 15) is 0 Å². The van der Waals surface area contributed by atoms with Crippen LogP contribution in [0, 0.1) is 0 Å². The summed E-state index contributed by atoms with van der Waals surface area (Å²) in [6, 6.07) is 45.5. The third kappa shape index (κ3) is 7.59. The molecule has 4 heteroatoms. The maximum absolute atomic E-state index is 2.62. The second-order valence-corrected chi connectivity index (χ2v) is 30.4. The van der Waals surface area contributed by atoms with Crippen molar-refractivity contribution in [1.29, 1.82) is 0 Å². The Kier molecular flexibility index (Phi) is 13.6. The molecule has 6 aromatic rings. The maximum Gasteiger partial charge on any atom is -1.00 e. The van der Waals surface area contributed by atoms with Gasteiger partial charge >= 0.3 is 266 Å². The molecule has 0 saturated heterocycles. The predicted octanol–water partition coefficient (Wildman–Crippen LogP) is 7.29. The summed E-state index contributed by atoms with van der Waals surface area (Å²) in [7, 11) is 0. The summed E-state index contributed by atoms with van der Waals surface area (Å²) in [6.07, 6.45) is 10.7. The van der Waals surface area contributed by atoms with Gasteiger partial charge < -0.3 is 24.8 Å². The van der Waals surface area contributed by atoms with Crippen molar-refractivity contribution < 1.29 is 45.7 Å². The molecule has 0 nitrogen and oxygen atoms in total. The minimum atomic E-state index is -2.01. The first-order valence-electron chi connectivity index (χ1n) is 18.5. The average molecular weight is 804 g/mol. The van der Waals surface area contributed by atoms with Gasteiger partial charge in [-0.3, -0.25) is 0 Å². The van der Waals surface area contributed by atoms with Crippen molar-refractivity contribution in [3.8, 4) is 22.3 Å². The molecule has 0 saturated carbocycles. The van der Waals surface area contributed by atoms with E-state index in [-0.39, 0.29) is 31.5 Å². The molecule has 6 aromatic carbocycles. The molecular formula is C47H49Cl2SiZr. The van der Waals surface area contributed by atoms with Crippen LogP contribution < -0.4 is 24.8 Å². The van der Waals surface area contributed by atoms with E-state index in [4.69, 9.17) is 0 Å². The topological polar surface area (TPSA) is 0 Å². The summed E-state index contributed by atoms with van der Waals surface area (Å²) in [5.41, 5.74) is 14.9. The van der Waals surface area contributed by atoms with Gasteiger partial charge in [0.25, 0.3) is 0 Å². The van der Waals surface area contributed by atoms with Crippen molar-refractivity contribution in [2.45, 2.75) is 67.2 Å². The van der Waals surface area contributed by atoms with Gasteiger partial charge in [0.05, 0.1) is 0 Å². The second-order valence-electron chi connectivity index (χ2n) is 13.9. The van der Waals surface area contributed by atoms with Crippen molar-refractivity contribution in [3.63, 3.8) is 0 Å². The Bertz CT molecular complexity index is 2030. The van der Waals surface area contributed by atoms with Gasteiger partial charge in [0, 0.05) is 0 Å². The summed E-state index contributed by atoms with van der Waals surface area (Å²) >= 11 is -2.01. The molecule has 2 unspecified atom stereocenters. The fourth-order valence-corrected chi connectivity index (χ4v) is 29.1. The summed E-state index contributed by atoms with van der Waals surface area (Å²) in [6.45, 7) is 11.8. The van der Waals surface area contributed by atoms with Crippen LogP contribution in [0.15, 0.2) is 132 Å². The van der Waals surface area contributed by atoms with Crippen molar-refractivity contribution in [2.75, 3.05) is 0 Å². The van der Waals surface area contributed by atoms with Crippen molar-refractivity contribution in [3.05, 3.63) is 155 Å². The van der Waals surface area contributed by atoms with E-state index in [2.05, 4.69) is 168 Å². The van der Waals surface area contributed by atoms with Crippen LogP contribution in [0.25, 0.3) is 56.0 Å². The standard InChI is InChI=1S/2C20H15.C6H14.CH5Si.2ClH.Zr/c2*1-14-12-16-8-5-11-19(20(16)13-14)18-10-4-7-15-6-2-3-9-17(15)18;1-3-5-6-4-2;1-2;;;/h2*2-13H,1H3;3-6H2,1-2H3;2H2,1H3;2*1H;/q;;;;;;+2/p-2. The van der Waals surface area contributed by atoms with Gasteiger partial charge in [0.1, 0.15) is 0 Å². The minimum absolute atomic E-state index is 0. The molecule has 2 aliphatic rings. The maximum atomic E-state index is 2.62. The summed E-state index contributed by atoms with van der Waals surface area (Å²) in [5, 5.41) is 5.33. The van der Waals surface area contributed by atoms with E-state index in [1.54, 1.807) is 22.3 Å². The predicted molar refractivity (Wildman–Crippen MR) is 216 cm³/mol. The van der Waals surface area contributed by atoms with Crippen LogP contribution in [0.5, 0.6) is 0 Å². The molecule has 8 rings (SSSR count). The average Bonchev–Trinajstić information content (AvgIpc) is 3.66. The Labute approximate surface area is 327 Å². The van der Waals surface area contributed by atoms with Crippen LogP contribution in [0.1, 0.15) is 82.9 Å². The molecule has 0 amide bonds. The molecule has 0 N–H and O–H groups in total. The van der Waals surface area contributed by atoms with Gasteiger partial charge in [-0.05, 0) is 0 Å². The molecule has 259 valence electrons. The fourth-order valence-electron chi connectivity index (χ4n) is 8.55.